The Morgan fingerprint density at radius 2 is 1.92 bits per heavy atom. The van der Waals surface area contributed by atoms with Gasteiger partial charge in [0.05, 0.1) is 12.1 Å². The normalized spacial score (nSPS) is 17.6. The van der Waals surface area contributed by atoms with Gasteiger partial charge in [-0.3, -0.25) is 9.20 Å². The molecule has 1 fully saturated rings. The van der Waals surface area contributed by atoms with Crippen molar-refractivity contribution in [3.8, 4) is 11.4 Å². The van der Waals surface area contributed by atoms with Gasteiger partial charge in [0.1, 0.15) is 28.0 Å². The van der Waals surface area contributed by atoms with Gasteiger partial charge in [-0.1, -0.05) is 41.4 Å². The molecule has 0 atom stereocenters. The van der Waals surface area contributed by atoms with E-state index in [0.717, 1.165) is 65.4 Å². The number of hydrogen-bond acceptors (Lipinski definition) is 5. The molecule has 200 valence electrons. The second-order valence-electron chi connectivity index (χ2n) is 10.0. The molecular formula is C28H26Cl2FN7O. The van der Waals surface area contributed by atoms with E-state index in [1.807, 2.05) is 24.4 Å². The summed E-state index contributed by atoms with van der Waals surface area (Å²) in [5.41, 5.74) is 10.2. The quantitative estimate of drug-likeness (QED) is 0.221. The maximum absolute atomic E-state index is 13.7. The SMILES string of the molecule is Nc1nccn2c1c(-c1cc3ccccc3[nH]1)nc2[C@H]1CC[C@H](CNC(=O)Cc2cc(F)c(Cl)nc2Cl)CC1. The number of halogens is 3. The fraction of sp³-hybridized carbons (Fsp3) is 0.286. The predicted molar refractivity (Wildman–Crippen MR) is 150 cm³/mol. The predicted octanol–water partition coefficient (Wildman–Crippen LogP) is 5.93. The topological polar surface area (TPSA) is 114 Å². The molecule has 4 N–H and O–H groups in total. The van der Waals surface area contributed by atoms with Crippen LogP contribution in [0.3, 0.4) is 0 Å². The number of rotatable bonds is 6. The molecule has 4 heterocycles. The van der Waals surface area contributed by atoms with Crippen LogP contribution in [-0.4, -0.2) is 36.8 Å². The monoisotopic (exact) mass is 565 g/mol. The molecule has 8 nitrogen and oxygen atoms in total. The Morgan fingerprint density at radius 3 is 2.72 bits per heavy atom. The van der Waals surface area contributed by atoms with E-state index in [0.29, 0.717) is 23.8 Å². The van der Waals surface area contributed by atoms with E-state index in [1.165, 1.54) is 0 Å². The van der Waals surface area contributed by atoms with E-state index in [4.69, 9.17) is 33.9 Å². The molecule has 0 saturated heterocycles. The van der Waals surface area contributed by atoms with Crippen LogP contribution in [0.15, 0.2) is 48.8 Å². The highest BCUT2D eigenvalue weighted by atomic mass is 35.5. The summed E-state index contributed by atoms with van der Waals surface area (Å²) in [5, 5.41) is 3.80. The third-order valence-corrected chi connectivity index (χ3v) is 8.10. The summed E-state index contributed by atoms with van der Waals surface area (Å²) in [6.07, 6.45) is 7.34. The first-order chi connectivity index (χ1) is 18.9. The van der Waals surface area contributed by atoms with Crippen LogP contribution in [0.1, 0.15) is 43.0 Å². The number of amides is 1. The van der Waals surface area contributed by atoms with Crippen molar-refractivity contribution in [2.24, 2.45) is 5.92 Å². The van der Waals surface area contributed by atoms with Gasteiger partial charge in [-0.15, -0.1) is 0 Å². The van der Waals surface area contributed by atoms with Crippen molar-refractivity contribution in [2.45, 2.75) is 38.0 Å². The Bertz CT molecular complexity index is 1660. The van der Waals surface area contributed by atoms with Gasteiger partial charge < -0.3 is 16.0 Å². The second kappa shape index (κ2) is 10.5. The number of anilines is 1. The van der Waals surface area contributed by atoms with Crippen LogP contribution in [0, 0.1) is 11.7 Å². The van der Waals surface area contributed by atoms with E-state index in [9.17, 15) is 9.18 Å². The van der Waals surface area contributed by atoms with Crippen molar-refractivity contribution >= 4 is 51.3 Å². The maximum atomic E-state index is 13.7. The minimum absolute atomic E-state index is 0.0339. The molecule has 1 amide bonds. The number of nitrogens with one attached hydrogen (secondary N) is 2. The lowest BCUT2D eigenvalue weighted by molar-refractivity contribution is -0.120. The number of carbonyl (C=O) groups excluding carboxylic acids is 1. The van der Waals surface area contributed by atoms with Gasteiger partial charge in [0, 0.05) is 41.3 Å². The summed E-state index contributed by atoms with van der Waals surface area (Å²) >= 11 is 11.7. The molecule has 39 heavy (non-hydrogen) atoms. The molecule has 0 radical (unpaired) electrons. The number of pyridine rings is 1. The molecule has 0 aliphatic heterocycles. The lowest BCUT2D eigenvalue weighted by atomic mass is 9.81. The van der Waals surface area contributed by atoms with Gasteiger partial charge in [-0.25, -0.2) is 19.3 Å². The summed E-state index contributed by atoms with van der Waals surface area (Å²) in [6, 6.07) is 11.4. The van der Waals surface area contributed by atoms with Crippen LogP contribution in [0.2, 0.25) is 10.3 Å². The molecule has 1 aliphatic carbocycles. The molecule has 0 spiro atoms. The van der Waals surface area contributed by atoms with E-state index in [2.05, 4.69) is 36.8 Å². The molecule has 1 aromatic carbocycles. The molecule has 1 aliphatic rings. The number of fused-ring (bicyclic) bond motifs is 2. The zero-order valence-electron chi connectivity index (χ0n) is 20.9. The Labute approximate surface area is 233 Å². The molecule has 0 bridgehead atoms. The number of para-hydroxylation sites is 1. The van der Waals surface area contributed by atoms with Crippen LogP contribution < -0.4 is 11.1 Å². The Kier molecular flexibility index (Phi) is 6.86. The van der Waals surface area contributed by atoms with Crippen molar-refractivity contribution < 1.29 is 9.18 Å². The van der Waals surface area contributed by atoms with Crippen molar-refractivity contribution in [3.05, 3.63) is 76.3 Å². The van der Waals surface area contributed by atoms with Gasteiger partial charge in [0.2, 0.25) is 5.91 Å². The first-order valence-corrected chi connectivity index (χ1v) is 13.6. The number of imidazole rings is 1. The minimum Gasteiger partial charge on any atom is -0.382 e. The lowest BCUT2D eigenvalue weighted by Gasteiger charge is -2.28. The van der Waals surface area contributed by atoms with Crippen LogP contribution in [0.5, 0.6) is 0 Å². The second-order valence-corrected chi connectivity index (χ2v) is 10.7. The highest BCUT2D eigenvalue weighted by Crippen LogP contribution is 2.38. The first kappa shape index (κ1) is 25.6. The number of benzene rings is 1. The molecule has 0 unspecified atom stereocenters. The van der Waals surface area contributed by atoms with E-state index < -0.39 is 5.82 Å². The molecule has 4 aromatic heterocycles. The Hall–Kier alpha value is -3.69. The third-order valence-electron chi connectivity index (χ3n) is 7.51. The number of H-pyrrole nitrogens is 1. The smallest absolute Gasteiger partial charge is 0.224 e. The molecule has 5 aromatic rings. The van der Waals surface area contributed by atoms with Crippen molar-refractivity contribution in [2.75, 3.05) is 12.3 Å². The number of nitrogens with two attached hydrogens (primary N) is 1. The summed E-state index contributed by atoms with van der Waals surface area (Å²) in [7, 11) is 0. The van der Waals surface area contributed by atoms with Crippen LogP contribution in [-0.2, 0) is 11.2 Å². The zero-order valence-corrected chi connectivity index (χ0v) is 22.4. The third kappa shape index (κ3) is 5.04. The van der Waals surface area contributed by atoms with E-state index in [1.54, 1.807) is 6.20 Å². The number of aromatic nitrogens is 5. The summed E-state index contributed by atoms with van der Waals surface area (Å²) in [5.74, 6) is 1.09. The molecular weight excluding hydrogens is 540 g/mol. The fourth-order valence-corrected chi connectivity index (χ4v) is 5.88. The van der Waals surface area contributed by atoms with Gasteiger partial charge in [-0.05, 0) is 49.8 Å². The number of nitrogens with zero attached hydrogens (tertiary/aromatic N) is 4. The highest BCUT2D eigenvalue weighted by molar-refractivity contribution is 6.33. The number of aromatic amines is 1. The molecule has 6 rings (SSSR count). The standard InChI is InChI=1S/C28H26Cl2FN7O/c29-25-18(11-19(31)26(30)37-25)13-22(39)34-14-15-5-7-16(8-6-15)28-36-23(24-27(32)33-9-10-38(24)28)21-12-17-3-1-2-4-20(17)35-21/h1-4,9-12,15-16,35H,5-8,13-14H2,(H2,32,33)(H,34,39)/t15-,16-. The van der Waals surface area contributed by atoms with Gasteiger partial charge in [0.25, 0.3) is 0 Å². The number of carbonyl (C=O) groups is 1. The fourth-order valence-electron chi connectivity index (χ4n) is 5.49. The Morgan fingerprint density at radius 1 is 1.13 bits per heavy atom. The minimum atomic E-state index is -0.695. The van der Waals surface area contributed by atoms with Crippen molar-refractivity contribution in [1.82, 2.24) is 29.7 Å². The average Bonchev–Trinajstić information content (AvgIpc) is 3.53. The average molecular weight is 566 g/mol. The van der Waals surface area contributed by atoms with Crippen molar-refractivity contribution in [3.63, 3.8) is 0 Å². The number of hydrogen-bond donors (Lipinski definition) is 3. The van der Waals surface area contributed by atoms with Crippen LogP contribution in [0.25, 0.3) is 27.8 Å². The number of nitrogen functional groups attached to an aromatic ring is 1. The first-order valence-electron chi connectivity index (χ1n) is 12.8. The highest BCUT2D eigenvalue weighted by Gasteiger charge is 2.28. The summed E-state index contributed by atoms with van der Waals surface area (Å²) < 4.78 is 15.8. The summed E-state index contributed by atoms with van der Waals surface area (Å²) in [4.78, 5) is 29.1. The van der Waals surface area contributed by atoms with Crippen molar-refractivity contribution in [1.29, 1.82) is 0 Å². The van der Waals surface area contributed by atoms with Gasteiger partial charge >= 0.3 is 0 Å². The van der Waals surface area contributed by atoms with Gasteiger partial charge in [-0.2, -0.15) is 0 Å². The van der Waals surface area contributed by atoms with E-state index >= 15 is 0 Å². The van der Waals surface area contributed by atoms with Crippen LogP contribution >= 0.6 is 23.2 Å². The lowest BCUT2D eigenvalue weighted by Crippen LogP contribution is -2.32. The summed E-state index contributed by atoms with van der Waals surface area (Å²) in [6.45, 7) is 0.548. The Balaban J connectivity index is 1.14. The van der Waals surface area contributed by atoms with Gasteiger partial charge in [0.15, 0.2) is 11.0 Å². The molecule has 1 saturated carbocycles. The van der Waals surface area contributed by atoms with E-state index in [-0.39, 0.29) is 28.6 Å². The zero-order chi connectivity index (χ0) is 27.1. The largest absolute Gasteiger partial charge is 0.382 e. The molecule has 11 heteroatoms. The van der Waals surface area contributed by atoms with Crippen LogP contribution in [0.4, 0.5) is 10.2 Å². The maximum Gasteiger partial charge on any atom is 0.224 e.